The van der Waals surface area contributed by atoms with Crippen molar-refractivity contribution in [2.24, 2.45) is 4.99 Å². The molecule has 0 spiro atoms. The van der Waals surface area contributed by atoms with Crippen LogP contribution in [0.2, 0.25) is 0 Å². The van der Waals surface area contributed by atoms with Gasteiger partial charge >= 0.3 is 5.97 Å². The Labute approximate surface area is 210 Å². The second kappa shape index (κ2) is 9.86. The van der Waals surface area contributed by atoms with E-state index in [1.807, 2.05) is 0 Å². The number of ether oxygens (including phenoxy) is 2. The van der Waals surface area contributed by atoms with E-state index in [2.05, 4.69) is 36.9 Å². The zero-order valence-electron chi connectivity index (χ0n) is 17.6. The number of esters is 1. The van der Waals surface area contributed by atoms with Crippen molar-refractivity contribution >= 4 is 55.5 Å². The van der Waals surface area contributed by atoms with Gasteiger partial charge in [-0.3, -0.25) is 10.1 Å². The number of cyclic esters (lactones) is 1. The lowest BCUT2D eigenvalue weighted by Gasteiger charge is -2.11. The quantitative estimate of drug-likeness (QED) is 0.142. The van der Waals surface area contributed by atoms with E-state index in [4.69, 9.17) is 9.47 Å². The molecule has 172 valence electrons. The first-order valence-corrected chi connectivity index (χ1v) is 11.4. The van der Waals surface area contributed by atoms with Gasteiger partial charge in [-0.25, -0.2) is 14.2 Å². The van der Waals surface area contributed by atoms with Crippen LogP contribution in [0.3, 0.4) is 0 Å². The fourth-order valence-corrected chi connectivity index (χ4v) is 4.72. The minimum atomic E-state index is -0.662. The van der Waals surface area contributed by atoms with Crippen LogP contribution in [-0.2, 0) is 16.1 Å². The molecule has 1 aliphatic rings. The monoisotopic (exact) mass is 588 g/mol. The fraction of sp³-hybridized carbons (Fsp3) is 0.0833. The Balaban J connectivity index is 1.58. The maximum Gasteiger partial charge on any atom is 0.363 e. The number of nitro benzene ring substituents is 1. The van der Waals surface area contributed by atoms with Crippen molar-refractivity contribution in [1.29, 1.82) is 0 Å². The molecule has 0 unspecified atom stereocenters. The number of carbonyl (C=O) groups is 1. The van der Waals surface area contributed by atoms with Gasteiger partial charge in [0.2, 0.25) is 5.90 Å². The molecular weight excluding hydrogens is 575 g/mol. The minimum Gasteiger partial charge on any atom is -0.487 e. The normalized spacial score (nSPS) is 14.2. The minimum absolute atomic E-state index is 0.00910. The second-order valence-electron chi connectivity index (χ2n) is 7.27. The van der Waals surface area contributed by atoms with Gasteiger partial charge in [-0.1, -0.05) is 18.2 Å². The highest BCUT2D eigenvalue weighted by atomic mass is 79.9. The van der Waals surface area contributed by atoms with Crippen LogP contribution in [0, 0.1) is 22.9 Å². The molecule has 0 saturated heterocycles. The average Bonchev–Trinajstić information content (AvgIpc) is 3.14. The number of hydrogen-bond donors (Lipinski definition) is 0. The molecule has 0 N–H and O–H groups in total. The molecule has 3 aromatic carbocycles. The van der Waals surface area contributed by atoms with Crippen molar-refractivity contribution in [2.45, 2.75) is 13.5 Å². The predicted octanol–water partition coefficient (Wildman–Crippen LogP) is 6.49. The molecule has 4 rings (SSSR count). The SMILES string of the molecule is Cc1c(C2=N/C(=C\c3cc(Br)c(OCc4ccc(F)cc4)c(Br)c3)C(=O)O2)cccc1[N+](=O)[O-]. The zero-order chi connectivity index (χ0) is 24.4. The summed E-state index contributed by atoms with van der Waals surface area (Å²) in [6.07, 6.45) is 1.54. The molecular formula is C24H15Br2FN2O5. The summed E-state index contributed by atoms with van der Waals surface area (Å²) in [7, 11) is 0. The van der Waals surface area contributed by atoms with Crippen LogP contribution in [0.1, 0.15) is 22.3 Å². The Bertz CT molecular complexity index is 1350. The zero-order valence-corrected chi connectivity index (χ0v) is 20.7. The van der Waals surface area contributed by atoms with E-state index in [0.29, 0.717) is 31.4 Å². The largest absolute Gasteiger partial charge is 0.487 e. The number of rotatable bonds is 6. The number of benzene rings is 3. The molecule has 3 aromatic rings. The third-order valence-electron chi connectivity index (χ3n) is 4.97. The molecule has 0 saturated carbocycles. The van der Waals surface area contributed by atoms with Crippen molar-refractivity contribution in [3.8, 4) is 5.75 Å². The third kappa shape index (κ3) is 5.07. The maximum atomic E-state index is 13.1. The van der Waals surface area contributed by atoms with Gasteiger partial charge in [0, 0.05) is 17.2 Å². The average molecular weight is 590 g/mol. The predicted molar refractivity (Wildman–Crippen MR) is 131 cm³/mol. The van der Waals surface area contributed by atoms with Crippen LogP contribution in [0.25, 0.3) is 6.08 Å². The number of halogens is 3. The van der Waals surface area contributed by atoms with E-state index in [1.165, 1.54) is 24.3 Å². The Hall–Kier alpha value is -3.37. The first kappa shape index (κ1) is 23.8. The molecule has 0 fully saturated rings. The molecule has 0 aromatic heterocycles. The molecule has 34 heavy (non-hydrogen) atoms. The molecule has 0 bridgehead atoms. The number of carbonyl (C=O) groups excluding carboxylic acids is 1. The highest BCUT2D eigenvalue weighted by Gasteiger charge is 2.27. The summed E-state index contributed by atoms with van der Waals surface area (Å²) < 4.78 is 25.4. The second-order valence-corrected chi connectivity index (χ2v) is 8.98. The lowest BCUT2D eigenvalue weighted by atomic mass is 10.1. The smallest absolute Gasteiger partial charge is 0.363 e. The van der Waals surface area contributed by atoms with Crippen LogP contribution in [0.4, 0.5) is 10.1 Å². The highest BCUT2D eigenvalue weighted by molar-refractivity contribution is 9.11. The first-order valence-electron chi connectivity index (χ1n) is 9.86. The van der Waals surface area contributed by atoms with E-state index in [0.717, 1.165) is 5.56 Å². The van der Waals surface area contributed by atoms with E-state index in [9.17, 15) is 19.3 Å². The summed E-state index contributed by atoms with van der Waals surface area (Å²) in [5, 5.41) is 11.2. The third-order valence-corrected chi connectivity index (χ3v) is 6.15. The van der Waals surface area contributed by atoms with Crippen LogP contribution < -0.4 is 4.74 Å². The van der Waals surface area contributed by atoms with Gasteiger partial charge in [0.15, 0.2) is 5.70 Å². The maximum absolute atomic E-state index is 13.1. The number of nitrogens with zero attached hydrogens (tertiary/aromatic N) is 2. The molecule has 0 radical (unpaired) electrons. The Kier molecular flexibility index (Phi) is 6.90. The molecule has 0 atom stereocenters. The lowest BCUT2D eigenvalue weighted by Crippen LogP contribution is -2.08. The van der Waals surface area contributed by atoms with E-state index >= 15 is 0 Å². The topological polar surface area (TPSA) is 91.0 Å². The number of hydrogen-bond acceptors (Lipinski definition) is 6. The number of nitro groups is 1. The van der Waals surface area contributed by atoms with Crippen LogP contribution in [0.15, 0.2) is 74.2 Å². The first-order chi connectivity index (χ1) is 16.2. The molecule has 1 heterocycles. The molecule has 0 amide bonds. The summed E-state index contributed by atoms with van der Waals surface area (Å²) in [5.74, 6) is -0.433. The van der Waals surface area contributed by atoms with Crippen LogP contribution >= 0.6 is 31.9 Å². The van der Waals surface area contributed by atoms with Crippen LogP contribution in [0.5, 0.6) is 5.75 Å². The van der Waals surface area contributed by atoms with Crippen molar-refractivity contribution in [1.82, 2.24) is 0 Å². The van der Waals surface area contributed by atoms with Gasteiger partial charge in [-0.2, -0.15) is 0 Å². The van der Waals surface area contributed by atoms with Crippen molar-refractivity contribution in [3.63, 3.8) is 0 Å². The molecule has 0 aliphatic carbocycles. The summed E-state index contributed by atoms with van der Waals surface area (Å²) in [5.41, 5.74) is 2.14. The highest BCUT2D eigenvalue weighted by Crippen LogP contribution is 2.36. The standard InChI is InChI=1S/C24H15Br2FN2O5/c1-13-17(3-2-4-21(13)29(31)32)23-28-20(24(30)34-23)11-15-9-18(25)22(19(26)10-15)33-12-14-5-7-16(27)8-6-14/h2-11H,12H2,1H3/b20-11-. The Morgan fingerprint density at radius 2 is 1.82 bits per heavy atom. The summed E-state index contributed by atoms with van der Waals surface area (Å²) in [6, 6.07) is 14.0. The van der Waals surface area contributed by atoms with E-state index in [-0.39, 0.29) is 29.7 Å². The van der Waals surface area contributed by atoms with E-state index < -0.39 is 10.9 Å². The summed E-state index contributed by atoms with van der Waals surface area (Å²) in [4.78, 5) is 27.4. The van der Waals surface area contributed by atoms with Crippen LogP contribution in [-0.4, -0.2) is 16.8 Å². The molecule has 10 heteroatoms. The van der Waals surface area contributed by atoms with Gasteiger partial charge in [0.1, 0.15) is 18.2 Å². The van der Waals surface area contributed by atoms with Gasteiger partial charge in [0.05, 0.1) is 13.9 Å². The Morgan fingerprint density at radius 3 is 2.47 bits per heavy atom. The summed E-state index contributed by atoms with van der Waals surface area (Å²) in [6.45, 7) is 1.81. The van der Waals surface area contributed by atoms with Crippen molar-refractivity contribution in [2.75, 3.05) is 0 Å². The molecule has 7 nitrogen and oxygen atoms in total. The fourth-order valence-electron chi connectivity index (χ4n) is 3.27. The van der Waals surface area contributed by atoms with Gasteiger partial charge in [0.25, 0.3) is 5.69 Å². The Morgan fingerprint density at radius 1 is 1.15 bits per heavy atom. The van der Waals surface area contributed by atoms with Gasteiger partial charge < -0.3 is 9.47 Å². The number of aliphatic imine (C=N–C) groups is 1. The lowest BCUT2D eigenvalue weighted by molar-refractivity contribution is -0.385. The van der Waals surface area contributed by atoms with Gasteiger partial charge in [-0.15, -0.1) is 0 Å². The summed E-state index contributed by atoms with van der Waals surface area (Å²) >= 11 is 6.93. The van der Waals surface area contributed by atoms with Crippen molar-refractivity contribution in [3.05, 3.63) is 107 Å². The van der Waals surface area contributed by atoms with Crippen molar-refractivity contribution < 1.29 is 23.6 Å². The van der Waals surface area contributed by atoms with Gasteiger partial charge in [-0.05, 0) is 86.3 Å². The molecule has 1 aliphatic heterocycles. The van der Waals surface area contributed by atoms with E-state index in [1.54, 1.807) is 43.3 Å².